The molecule has 23 heavy (non-hydrogen) atoms. The maximum absolute atomic E-state index is 11.2. The van der Waals surface area contributed by atoms with Gasteiger partial charge in [0.05, 0.1) is 6.61 Å². The molecule has 0 radical (unpaired) electrons. The molecule has 0 amide bonds. The Balaban J connectivity index is 2.02. The fourth-order valence-corrected chi connectivity index (χ4v) is 3.66. The first-order valence-corrected chi connectivity index (χ1v) is 10.1. The third-order valence-electron chi connectivity index (χ3n) is 4.19. The lowest BCUT2D eigenvalue weighted by Gasteiger charge is -2.17. The number of hydrogen-bond acceptors (Lipinski definition) is 4. The second-order valence-electron chi connectivity index (χ2n) is 5.98. The number of rotatable bonds is 10. The van der Waals surface area contributed by atoms with Crippen LogP contribution in [0, 0.1) is 0 Å². The molecular weight excluding hydrogens is 310 g/mol. The quantitative estimate of drug-likeness (QED) is 0.276. The minimum absolute atomic E-state index is 0.0738. The second kappa shape index (κ2) is 12.5. The van der Waals surface area contributed by atoms with E-state index in [2.05, 4.69) is 21.9 Å². The molecule has 1 rings (SSSR count). The van der Waals surface area contributed by atoms with Gasteiger partial charge < -0.3 is 15.4 Å². The molecule has 2 N–H and O–H groups in total. The van der Waals surface area contributed by atoms with Crippen LogP contribution < -0.4 is 10.6 Å². The number of thioether (sulfide) groups is 1. The standard InChI is InChI=1S/C17H33N3O2S/c1-4-22-16(21)9-7-5-6-8-12-19-17(18-2)20-14-10-11-15(13-14)23-3/h14-15H,4-13H2,1-3H3,(H2,18,19,20). The molecule has 1 aliphatic rings. The van der Waals surface area contributed by atoms with Crippen molar-refractivity contribution in [2.45, 2.75) is 69.6 Å². The Morgan fingerprint density at radius 1 is 1.26 bits per heavy atom. The van der Waals surface area contributed by atoms with Crippen LogP contribution in [-0.4, -0.2) is 49.7 Å². The van der Waals surface area contributed by atoms with Gasteiger partial charge >= 0.3 is 5.97 Å². The van der Waals surface area contributed by atoms with Crippen molar-refractivity contribution in [1.29, 1.82) is 0 Å². The summed E-state index contributed by atoms with van der Waals surface area (Å²) in [6.45, 7) is 3.25. The average Bonchev–Trinajstić information content (AvgIpc) is 3.00. The van der Waals surface area contributed by atoms with Crippen molar-refractivity contribution in [1.82, 2.24) is 10.6 Å². The summed E-state index contributed by atoms with van der Waals surface area (Å²) in [6.07, 6.45) is 10.7. The van der Waals surface area contributed by atoms with Crippen LogP contribution in [0.2, 0.25) is 0 Å². The molecule has 0 spiro atoms. The van der Waals surface area contributed by atoms with Gasteiger partial charge in [-0.15, -0.1) is 0 Å². The SMILES string of the molecule is CCOC(=O)CCCCCCNC(=NC)NC1CCC(SC)C1. The fraction of sp³-hybridized carbons (Fsp3) is 0.882. The zero-order valence-electron chi connectivity index (χ0n) is 14.9. The van der Waals surface area contributed by atoms with Crippen molar-refractivity contribution < 1.29 is 9.53 Å². The second-order valence-corrected chi connectivity index (χ2v) is 7.12. The Morgan fingerprint density at radius 2 is 2.04 bits per heavy atom. The number of guanidine groups is 1. The van der Waals surface area contributed by atoms with Crippen LogP contribution in [0.1, 0.15) is 58.3 Å². The van der Waals surface area contributed by atoms with E-state index in [1.54, 1.807) is 0 Å². The zero-order chi connectivity index (χ0) is 16.9. The zero-order valence-corrected chi connectivity index (χ0v) is 15.7. The number of nitrogens with zero attached hydrogens (tertiary/aromatic N) is 1. The van der Waals surface area contributed by atoms with Gasteiger partial charge in [-0.25, -0.2) is 0 Å². The third-order valence-corrected chi connectivity index (χ3v) is 5.28. The van der Waals surface area contributed by atoms with Crippen molar-refractivity contribution >= 4 is 23.7 Å². The van der Waals surface area contributed by atoms with Gasteiger partial charge in [-0.05, 0) is 45.3 Å². The number of carbonyl (C=O) groups is 1. The van der Waals surface area contributed by atoms with Crippen molar-refractivity contribution in [3.8, 4) is 0 Å². The first-order chi connectivity index (χ1) is 11.2. The van der Waals surface area contributed by atoms with E-state index in [0.717, 1.165) is 43.4 Å². The van der Waals surface area contributed by atoms with Gasteiger partial charge in [0.25, 0.3) is 0 Å². The molecule has 5 nitrogen and oxygen atoms in total. The number of carbonyl (C=O) groups excluding carboxylic acids is 1. The Morgan fingerprint density at radius 3 is 2.70 bits per heavy atom. The van der Waals surface area contributed by atoms with Gasteiger partial charge in [-0.1, -0.05) is 12.8 Å². The summed E-state index contributed by atoms with van der Waals surface area (Å²) >= 11 is 1.97. The van der Waals surface area contributed by atoms with E-state index in [-0.39, 0.29) is 5.97 Å². The van der Waals surface area contributed by atoms with Crippen LogP contribution in [0.4, 0.5) is 0 Å². The number of hydrogen-bond donors (Lipinski definition) is 2. The molecule has 0 heterocycles. The summed E-state index contributed by atoms with van der Waals surface area (Å²) in [5, 5.41) is 7.71. The first-order valence-electron chi connectivity index (χ1n) is 8.85. The topological polar surface area (TPSA) is 62.7 Å². The van der Waals surface area contributed by atoms with Gasteiger partial charge in [-0.2, -0.15) is 11.8 Å². The Bertz CT molecular complexity index is 364. The third kappa shape index (κ3) is 9.08. The maximum atomic E-state index is 11.2. The highest BCUT2D eigenvalue weighted by molar-refractivity contribution is 7.99. The summed E-state index contributed by atoms with van der Waals surface area (Å²) in [6, 6.07) is 0.559. The van der Waals surface area contributed by atoms with Crippen LogP contribution in [0.15, 0.2) is 4.99 Å². The molecule has 0 aromatic rings. The van der Waals surface area contributed by atoms with Crippen LogP contribution in [-0.2, 0) is 9.53 Å². The van der Waals surface area contributed by atoms with Gasteiger partial charge in [0.1, 0.15) is 0 Å². The predicted molar refractivity (Wildman–Crippen MR) is 99.2 cm³/mol. The molecule has 0 aromatic carbocycles. The largest absolute Gasteiger partial charge is 0.466 e. The van der Waals surface area contributed by atoms with Gasteiger partial charge in [0.15, 0.2) is 5.96 Å². The Hall–Kier alpha value is -0.910. The van der Waals surface area contributed by atoms with E-state index >= 15 is 0 Å². The number of unbranched alkanes of at least 4 members (excludes halogenated alkanes) is 3. The van der Waals surface area contributed by atoms with Crippen molar-refractivity contribution in [3.05, 3.63) is 0 Å². The molecule has 2 atom stereocenters. The molecule has 1 aliphatic carbocycles. The normalized spacial score (nSPS) is 21.3. The van der Waals surface area contributed by atoms with Crippen LogP contribution in [0.5, 0.6) is 0 Å². The fourth-order valence-electron chi connectivity index (χ4n) is 2.86. The van der Waals surface area contributed by atoms with Gasteiger partial charge in [0.2, 0.25) is 0 Å². The molecule has 134 valence electrons. The smallest absolute Gasteiger partial charge is 0.305 e. The lowest BCUT2D eigenvalue weighted by atomic mass is 10.1. The van der Waals surface area contributed by atoms with Crippen LogP contribution >= 0.6 is 11.8 Å². The summed E-state index contributed by atoms with van der Waals surface area (Å²) in [4.78, 5) is 15.5. The molecule has 0 aliphatic heterocycles. The van der Waals surface area contributed by atoms with E-state index < -0.39 is 0 Å². The Labute approximate surface area is 145 Å². The van der Waals surface area contributed by atoms with Crippen LogP contribution in [0.3, 0.4) is 0 Å². The molecule has 1 saturated carbocycles. The number of nitrogens with one attached hydrogen (secondary N) is 2. The predicted octanol–water partition coefficient (Wildman–Crippen LogP) is 2.95. The molecule has 6 heteroatoms. The summed E-state index contributed by atoms with van der Waals surface area (Å²) < 4.78 is 4.92. The maximum Gasteiger partial charge on any atom is 0.305 e. The van der Waals surface area contributed by atoms with E-state index in [9.17, 15) is 4.79 Å². The van der Waals surface area contributed by atoms with Crippen molar-refractivity contribution in [3.63, 3.8) is 0 Å². The van der Waals surface area contributed by atoms with Crippen LogP contribution in [0.25, 0.3) is 0 Å². The highest BCUT2D eigenvalue weighted by atomic mass is 32.2. The Kier molecular flexibility index (Phi) is 10.9. The summed E-state index contributed by atoms with van der Waals surface area (Å²) in [5.41, 5.74) is 0. The van der Waals surface area contributed by atoms with Crippen molar-refractivity contribution in [2.24, 2.45) is 4.99 Å². The minimum atomic E-state index is -0.0738. The molecular formula is C17H33N3O2S. The highest BCUT2D eigenvalue weighted by Crippen LogP contribution is 2.27. The number of esters is 1. The average molecular weight is 344 g/mol. The van der Waals surface area contributed by atoms with E-state index in [0.29, 0.717) is 19.1 Å². The van der Waals surface area contributed by atoms with Gasteiger partial charge in [-0.3, -0.25) is 9.79 Å². The van der Waals surface area contributed by atoms with E-state index in [1.807, 2.05) is 25.7 Å². The van der Waals surface area contributed by atoms with Crippen molar-refractivity contribution in [2.75, 3.05) is 26.5 Å². The van der Waals surface area contributed by atoms with E-state index in [4.69, 9.17) is 4.74 Å². The summed E-state index contributed by atoms with van der Waals surface area (Å²) in [5.74, 6) is 0.846. The monoisotopic (exact) mass is 343 g/mol. The molecule has 0 bridgehead atoms. The minimum Gasteiger partial charge on any atom is -0.466 e. The molecule has 2 unspecified atom stereocenters. The molecule has 0 aromatic heterocycles. The highest BCUT2D eigenvalue weighted by Gasteiger charge is 2.24. The van der Waals surface area contributed by atoms with Gasteiger partial charge in [0, 0.05) is 31.3 Å². The number of ether oxygens (including phenoxy) is 1. The summed E-state index contributed by atoms with van der Waals surface area (Å²) in [7, 11) is 1.83. The van der Waals surface area contributed by atoms with E-state index in [1.165, 1.54) is 19.3 Å². The number of aliphatic imine (C=N–C) groups is 1. The molecule has 0 saturated heterocycles. The first kappa shape index (κ1) is 20.1. The molecule has 1 fully saturated rings. The lowest BCUT2D eigenvalue weighted by molar-refractivity contribution is -0.143. The lowest BCUT2D eigenvalue weighted by Crippen LogP contribution is -2.42.